The molecule has 0 spiro atoms. The summed E-state index contributed by atoms with van der Waals surface area (Å²) in [5.74, 6) is -1.29. The Kier molecular flexibility index (Phi) is 4.06. The van der Waals surface area contributed by atoms with Crippen molar-refractivity contribution < 1.29 is 14.7 Å². The molecule has 6 nitrogen and oxygen atoms in total. The number of rotatable bonds is 4. The standard InChI is InChI=1S/C11H15N3O3/c1-6-2-3-7(12)4-8(6)11(17)14-5-9(15)10(13)16/h2-4,9,15H,5,12H2,1H3,(H2,13,16)(H,14,17). The average Bonchev–Trinajstić information content (AvgIpc) is 2.28. The summed E-state index contributed by atoms with van der Waals surface area (Å²) in [6.45, 7) is 1.54. The molecular formula is C11H15N3O3. The van der Waals surface area contributed by atoms with E-state index in [4.69, 9.17) is 16.6 Å². The molecule has 1 aromatic carbocycles. The average molecular weight is 237 g/mol. The number of nitrogen functional groups attached to an aromatic ring is 1. The van der Waals surface area contributed by atoms with E-state index in [-0.39, 0.29) is 6.54 Å². The molecule has 6 heteroatoms. The van der Waals surface area contributed by atoms with Crippen LogP contribution in [-0.2, 0) is 4.79 Å². The Labute approximate surface area is 98.6 Å². The van der Waals surface area contributed by atoms with Crippen LogP contribution in [0.25, 0.3) is 0 Å². The van der Waals surface area contributed by atoms with Crippen molar-refractivity contribution in [3.63, 3.8) is 0 Å². The van der Waals surface area contributed by atoms with Crippen molar-refractivity contribution in [2.75, 3.05) is 12.3 Å². The number of carbonyl (C=O) groups excluding carboxylic acids is 2. The highest BCUT2D eigenvalue weighted by molar-refractivity contribution is 5.96. The lowest BCUT2D eigenvalue weighted by Gasteiger charge is -2.10. The molecule has 0 aliphatic heterocycles. The Morgan fingerprint density at radius 1 is 1.47 bits per heavy atom. The minimum Gasteiger partial charge on any atom is -0.399 e. The van der Waals surface area contributed by atoms with Crippen LogP contribution in [0, 0.1) is 6.92 Å². The molecule has 0 fully saturated rings. The number of nitrogens with two attached hydrogens (primary N) is 2. The predicted molar refractivity (Wildman–Crippen MR) is 63.1 cm³/mol. The molecule has 0 saturated carbocycles. The van der Waals surface area contributed by atoms with Crippen LogP contribution in [0.5, 0.6) is 0 Å². The van der Waals surface area contributed by atoms with Gasteiger partial charge in [-0.2, -0.15) is 0 Å². The summed E-state index contributed by atoms with van der Waals surface area (Å²) in [5, 5.41) is 11.5. The molecule has 0 aliphatic carbocycles. The molecule has 0 heterocycles. The van der Waals surface area contributed by atoms with Gasteiger partial charge in [-0.1, -0.05) is 6.07 Å². The maximum absolute atomic E-state index is 11.7. The Balaban J connectivity index is 2.70. The first-order valence-corrected chi connectivity index (χ1v) is 5.03. The molecule has 2 amide bonds. The second kappa shape index (κ2) is 5.31. The molecule has 1 atom stereocenters. The summed E-state index contributed by atoms with van der Waals surface area (Å²) in [4.78, 5) is 22.3. The van der Waals surface area contributed by atoms with Crippen molar-refractivity contribution in [1.29, 1.82) is 0 Å². The van der Waals surface area contributed by atoms with Crippen molar-refractivity contribution >= 4 is 17.5 Å². The van der Waals surface area contributed by atoms with Crippen LogP contribution in [0.3, 0.4) is 0 Å². The van der Waals surface area contributed by atoms with Gasteiger partial charge in [0, 0.05) is 11.3 Å². The first kappa shape index (κ1) is 13.0. The van der Waals surface area contributed by atoms with E-state index < -0.39 is 17.9 Å². The second-order valence-corrected chi connectivity index (χ2v) is 3.70. The van der Waals surface area contributed by atoms with Gasteiger partial charge in [-0.25, -0.2) is 0 Å². The van der Waals surface area contributed by atoms with Crippen molar-refractivity contribution in [2.45, 2.75) is 13.0 Å². The number of amides is 2. The molecule has 1 aromatic rings. The zero-order chi connectivity index (χ0) is 13.0. The van der Waals surface area contributed by atoms with Gasteiger partial charge in [0.15, 0.2) is 0 Å². The van der Waals surface area contributed by atoms with Gasteiger partial charge in [-0.3, -0.25) is 9.59 Å². The van der Waals surface area contributed by atoms with Crippen LogP contribution >= 0.6 is 0 Å². The molecule has 6 N–H and O–H groups in total. The van der Waals surface area contributed by atoms with Gasteiger partial charge in [0.25, 0.3) is 5.91 Å². The molecule has 1 rings (SSSR count). The Morgan fingerprint density at radius 3 is 2.71 bits per heavy atom. The lowest BCUT2D eigenvalue weighted by molar-refractivity contribution is -0.125. The number of aliphatic hydroxyl groups excluding tert-OH is 1. The first-order valence-electron chi connectivity index (χ1n) is 5.03. The summed E-state index contributed by atoms with van der Waals surface area (Å²) < 4.78 is 0. The number of aryl methyl sites for hydroxylation is 1. The van der Waals surface area contributed by atoms with Crippen molar-refractivity contribution in [2.24, 2.45) is 5.73 Å². The predicted octanol–water partition coefficient (Wildman–Crippen LogP) is -0.847. The molecule has 0 radical (unpaired) electrons. The number of anilines is 1. The Hall–Kier alpha value is -2.08. The number of benzene rings is 1. The summed E-state index contributed by atoms with van der Waals surface area (Å²) in [6.07, 6.45) is -1.39. The highest BCUT2D eigenvalue weighted by Crippen LogP contribution is 2.12. The third kappa shape index (κ3) is 3.46. The van der Waals surface area contributed by atoms with Crippen LogP contribution in [0.15, 0.2) is 18.2 Å². The van der Waals surface area contributed by atoms with Crippen LogP contribution in [-0.4, -0.2) is 29.6 Å². The lowest BCUT2D eigenvalue weighted by atomic mass is 10.1. The van der Waals surface area contributed by atoms with Gasteiger partial charge in [0.2, 0.25) is 5.91 Å². The number of aliphatic hydroxyl groups is 1. The van der Waals surface area contributed by atoms with Crippen molar-refractivity contribution in [3.05, 3.63) is 29.3 Å². The number of carbonyl (C=O) groups is 2. The van der Waals surface area contributed by atoms with Crippen LogP contribution in [0.2, 0.25) is 0 Å². The highest BCUT2D eigenvalue weighted by Gasteiger charge is 2.14. The van der Waals surface area contributed by atoms with E-state index in [0.717, 1.165) is 5.56 Å². The second-order valence-electron chi connectivity index (χ2n) is 3.70. The number of primary amides is 1. The van der Waals surface area contributed by atoms with Gasteiger partial charge in [0.05, 0.1) is 6.54 Å². The fraction of sp³-hybridized carbons (Fsp3) is 0.273. The van der Waals surface area contributed by atoms with Gasteiger partial charge in [-0.15, -0.1) is 0 Å². The third-order valence-corrected chi connectivity index (χ3v) is 2.29. The monoisotopic (exact) mass is 237 g/mol. The smallest absolute Gasteiger partial charge is 0.251 e. The Morgan fingerprint density at radius 2 is 2.12 bits per heavy atom. The minimum absolute atomic E-state index is 0.220. The highest BCUT2D eigenvalue weighted by atomic mass is 16.3. The van der Waals surface area contributed by atoms with Gasteiger partial charge < -0.3 is 21.9 Å². The zero-order valence-electron chi connectivity index (χ0n) is 9.43. The van der Waals surface area contributed by atoms with Crippen molar-refractivity contribution in [3.8, 4) is 0 Å². The fourth-order valence-electron chi connectivity index (χ4n) is 1.27. The molecule has 92 valence electrons. The lowest BCUT2D eigenvalue weighted by Crippen LogP contribution is -2.40. The van der Waals surface area contributed by atoms with E-state index in [0.29, 0.717) is 11.3 Å². The normalized spacial score (nSPS) is 11.9. The third-order valence-electron chi connectivity index (χ3n) is 2.29. The first-order chi connectivity index (χ1) is 7.91. The molecule has 0 aliphatic rings. The van der Waals surface area contributed by atoms with Crippen molar-refractivity contribution in [1.82, 2.24) is 5.32 Å². The maximum atomic E-state index is 11.7. The quantitative estimate of drug-likeness (QED) is 0.510. The van der Waals surface area contributed by atoms with Gasteiger partial charge >= 0.3 is 0 Å². The topological polar surface area (TPSA) is 118 Å². The van der Waals surface area contributed by atoms with Crippen LogP contribution in [0.1, 0.15) is 15.9 Å². The van der Waals surface area contributed by atoms with E-state index >= 15 is 0 Å². The number of hydrogen-bond acceptors (Lipinski definition) is 4. The fourth-order valence-corrected chi connectivity index (χ4v) is 1.27. The molecule has 0 aromatic heterocycles. The molecule has 17 heavy (non-hydrogen) atoms. The summed E-state index contributed by atoms with van der Waals surface area (Å²) >= 11 is 0. The molecule has 1 unspecified atom stereocenters. The van der Waals surface area contributed by atoms with E-state index in [1.165, 1.54) is 6.07 Å². The minimum atomic E-state index is -1.39. The van der Waals surface area contributed by atoms with E-state index in [9.17, 15) is 9.59 Å². The summed E-state index contributed by atoms with van der Waals surface area (Å²) in [5.41, 5.74) is 12.0. The zero-order valence-corrected chi connectivity index (χ0v) is 9.43. The maximum Gasteiger partial charge on any atom is 0.251 e. The molecular weight excluding hydrogens is 222 g/mol. The van der Waals surface area contributed by atoms with E-state index in [1.807, 2.05) is 0 Å². The van der Waals surface area contributed by atoms with Crippen LogP contribution in [0.4, 0.5) is 5.69 Å². The summed E-state index contributed by atoms with van der Waals surface area (Å²) in [6, 6.07) is 4.93. The SMILES string of the molecule is Cc1ccc(N)cc1C(=O)NCC(O)C(N)=O. The largest absolute Gasteiger partial charge is 0.399 e. The Bertz CT molecular complexity index is 446. The molecule has 0 bridgehead atoms. The summed E-state index contributed by atoms with van der Waals surface area (Å²) in [7, 11) is 0. The number of hydrogen-bond donors (Lipinski definition) is 4. The van der Waals surface area contributed by atoms with E-state index in [2.05, 4.69) is 5.32 Å². The van der Waals surface area contributed by atoms with E-state index in [1.54, 1.807) is 19.1 Å². The number of nitrogens with one attached hydrogen (secondary N) is 1. The van der Waals surface area contributed by atoms with Gasteiger partial charge in [-0.05, 0) is 24.6 Å². The van der Waals surface area contributed by atoms with Gasteiger partial charge in [0.1, 0.15) is 6.10 Å². The molecule has 0 saturated heterocycles. The van der Waals surface area contributed by atoms with Crippen LogP contribution < -0.4 is 16.8 Å².